The van der Waals surface area contributed by atoms with Gasteiger partial charge in [0.05, 0.1) is 53.3 Å². The largest absolute Gasteiger partial charge is 0.494 e. The molecular formula is C28H31N9O2. The standard InChI is InChI=1S/C28H31N9O2/c1-7-26(38)32-21-12-22(25(39-6)13-23(21)36(4)11-10-35(2)3)33-28-31-15-18(14-29)27(34-28)20-17-37(5)24-16-30-9-8-19(20)24/h7-9,12-13,15-17H,1,10-11H2,2-6H3,(H,32,38)(H,31,33,34). The Balaban J connectivity index is 1.77. The minimum atomic E-state index is -0.337. The van der Waals surface area contributed by atoms with E-state index in [2.05, 4.69) is 38.1 Å². The number of nitrogens with zero attached hydrogens (tertiary/aromatic N) is 7. The number of nitrogens with one attached hydrogen (secondary N) is 2. The maximum Gasteiger partial charge on any atom is 0.247 e. The zero-order valence-corrected chi connectivity index (χ0v) is 22.7. The van der Waals surface area contributed by atoms with Crippen molar-refractivity contribution in [1.29, 1.82) is 5.26 Å². The lowest BCUT2D eigenvalue weighted by Gasteiger charge is -2.26. The number of carbonyl (C=O) groups is 1. The maximum atomic E-state index is 12.3. The first-order valence-corrected chi connectivity index (χ1v) is 12.2. The number of benzene rings is 1. The van der Waals surface area contributed by atoms with E-state index in [0.29, 0.717) is 28.4 Å². The topological polar surface area (TPSA) is 124 Å². The molecule has 0 aliphatic rings. The zero-order valence-electron chi connectivity index (χ0n) is 22.7. The van der Waals surface area contributed by atoms with Gasteiger partial charge in [0.25, 0.3) is 0 Å². The maximum absolute atomic E-state index is 12.3. The summed E-state index contributed by atoms with van der Waals surface area (Å²) in [7, 11) is 9.44. The van der Waals surface area contributed by atoms with Crippen LogP contribution in [0.3, 0.4) is 0 Å². The van der Waals surface area contributed by atoms with E-state index in [0.717, 1.165) is 35.2 Å². The van der Waals surface area contributed by atoms with Crippen LogP contribution in [-0.2, 0) is 11.8 Å². The Kier molecular flexibility index (Phi) is 8.07. The van der Waals surface area contributed by atoms with Gasteiger partial charge in [0, 0.05) is 56.6 Å². The SMILES string of the molecule is C=CC(=O)Nc1cc(Nc2ncc(C#N)c(-c3cn(C)c4cnccc34)n2)c(OC)cc1N(C)CCN(C)C. The van der Waals surface area contributed by atoms with Gasteiger partial charge in [-0.05, 0) is 32.3 Å². The molecule has 4 rings (SSSR count). The molecule has 39 heavy (non-hydrogen) atoms. The van der Waals surface area contributed by atoms with Gasteiger partial charge in [-0.3, -0.25) is 9.78 Å². The molecule has 0 atom stereocenters. The summed E-state index contributed by atoms with van der Waals surface area (Å²) < 4.78 is 7.63. The number of hydrogen-bond acceptors (Lipinski definition) is 9. The lowest BCUT2D eigenvalue weighted by atomic mass is 10.1. The summed E-state index contributed by atoms with van der Waals surface area (Å²) in [5.74, 6) is 0.461. The monoisotopic (exact) mass is 525 g/mol. The molecule has 0 aliphatic carbocycles. The van der Waals surface area contributed by atoms with Gasteiger partial charge in [0.2, 0.25) is 11.9 Å². The highest BCUT2D eigenvalue weighted by molar-refractivity contribution is 6.02. The highest BCUT2D eigenvalue weighted by Gasteiger charge is 2.19. The van der Waals surface area contributed by atoms with E-state index in [9.17, 15) is 10.1 Å². The van der Waals surface area contributed by atoms with Crippen LogP contribution in [0.2, 0.25) is 0 Å². The van der Waals surface area contributed by atoms with Crippen LogP contribution in [0.1, 0.15) is 5.56 Å². The van der Waals surface area contributed by atoms with Crippen LogP contribution < -0.4 is 20.3 Å². The number of amides is 1. The number of carbonyl (C=O) groups excluding carboxylic acids is 1. The fourth-order valence-electron chi connectivity index (χ4n) is 4.17. The van der Waals surface area contributed by atoms with Gasteiger partial charge in [-0.2, -0.15) is 5.26 Å². The molecular weight excluding hydrogens is 494 g/mol. The Hall–Kier alpha value is -4.95. The van der Waals surface area contributed by atoms with Crippen LogP contribution in [-0.4, -0.2) is 71.7 Å². The molecule has 3 aromatic heterocycles. The fraction of sp³-hybridized carbons (Fsp3) is 0.250. The first-order chi connectivity index (χ1) is 18.7. The number of hydrogen-bond donors (Lipinski definition) is 2. The zero-order chi connectivity index (χ0) is 28.1. The molecule has 1 amide bonds. The summed E-state index contributed by atoms with van der Waals surface area (Å²) in [6.45, 7) is 5.11. The summed E-state index contributed by atoms with van der Waals surface area (Å²) in [5.41, 5.74) is 4.43. The van der Waals surface area contributed by atoms with Crippen molar-refractivity contribution in [2.24, 2.45) is 7.05 Å². The molecule has 11 nitrogen and oxygen atoms in total. The quantitative estimate of drug-likeness (QED) is 0.298. The molecule has 0 aliphatic heterocycles. The first kappa shape index (κ1) is 27.1. The van der Waals surface area contributed by atoms with Crippen LogP contribution >= 0.6 is 0 Å². The Bertz CT molecular complexity index is 1570. The van der Waals surface area contributed by atoms with Crippen LogP contribution in [0, 0.1) is 11.3 Å². The molecule has 0 saturated heterocycles. The van der Waals surface area contributed by atoms with Gasteiger partial charge >= 0.3 is 0 Å². The second-order valence-corrected chi connectivity index (χ2v) is 9.23. The summed E-state index contributed by atoms with van der Waals surface area (Å²) in [5, 5.41) is 16.8. The molecule has 0 bridgehead atoms. The second-order valence-electron chi connectivity index (χ2n) is 9.23. The van der Waals surface area contributed by atoms with Gasteiger partial charge < -0.3 is 29.7 Å². The highest BCUT2D eigenvalue weighted by atomic mass is 16.5. The third-order valence-electron chi connectivity index (χ3n) is 6.26. The molecule has 0 fully saturated rings. The average molecular weight is 526 g/mol. The van der Waals surface area contributed by atoms with Crippen molar-refractivity contribution in [2.75, 3.05) is 56.9 Å². The lowest BCUT2D eigenvalue weighted by molar-refractivity contribution is -0.111. The summed E-state index contributed by atoms with van der Waals surface area (Å²) >= 11 is 0. The number of fused-ring (bicyclic) bond motifs is 1. The van der Waals surface area contributed by atoms with E-state index in [1.807, 2.05) is 56.0 Å². The first-order valence-electron chi connectivity index (χ1n) is 12.2. The molecule has 0 radical (unpaired) electrons. The van der Waals surface area contributed by atoms with Gasteiger partial charge in [-0.1, -0.05) is 6.58 Å². The number of anilines is 4. The number of methoxy groups -OCH3 is 1. The number of ether oxygens (including phenoxy) is 1. The number of pyridine rings is 1. The minimum Gasteiger partial charge on any atom is -0.494 e. The molecule has 200 valence electrons. The van der Waals surface area contributed by atoms with Crippen LogP contribution in [0.25, 0.3) is 22.2 Å². The van der Waals surface area contributed by atoms with Crippen molar-refractivity contribution in [3.63, 3.8) is 0 Å². The Labute approximate surface area is 227 Å². The molecule has 3 heterocycles. The molecule has 11 heteroatoms. The molecule has 0 spiro atoms. The number of nitriles is 1. The van der Waals surface area contributed by atoms with Crippen molar-refractivity contribution in [2.45, 2.75) is 0 Å². The third kappa shape index (κ3) is 5.81. The van der Waals surface area contributed by atoms with Crippen LogP contribution in [0.5, 0.6) is 5.75 Å². The van der Waals surface area contributed by atoms with Crippen LogP contribution in [0.4, 0.5) is 23.0 Å². The minimum absolute atomic E-state index is 0.267. The van der Waals surface area contributed by atoms with Gasteiger partial charge in [-0.15, -0.1) is 0 Å². The van der Waals surface area contributed by atoms with E-state index in [1.165, 1.54) is 12.3 Å². The predicted octanol–water partition coefficient (Wildman–Crippen LogP) is 3.78. The Morgan fingerprint density at radius 1 is 1.23 bits per heavy atom. The molecule has 1 aromatic carbocycles. The molecule has 0 saturated carbocycles. The molecule has 2 N–H and O–H groups in total. The second kappa shape index (κ2) is 11.6. The van der Waals surface area contributed by atoms with E-state index in [4.69, 9.17) is 9.72 Å². The predicted molar refractivity (Wildman–Crippen MR) is 153 cm³/mol. The van der Waals surface area contributed by atoms with E-state index in [1.54, 1.807) is 25.6 Å². The van der Waals surface area contributed by atoms with Crippen LogP contribution in [0.15, 0.2) is 55.6 Å². The fourth-order valence-corrected chi connectivity index (χ4v) is 4.17. The van der Waals surface area contributed by atoms with Gasteiger partial charge in [0.1, 0.15) is 11.8 Å². The molecule has 4 aromatic rings. The van der Waals surface area contributed by atoms with Crippen molar-refractivity contribution >= 4 is 39.8 Å². The summed E-state index contributed by atoms with van der Waals surface area (Å²) in [4.78, 5) is 29.7. The normalized spacial score (nSPS) is 10.8. The Morgan fingerprint density at radius 3 is 2.72 bits per heavy atom. The van der Waals surface area contributed by atoms with Gasteiger partial charge in [0.15, 0.2) is 0 Å². The highest BCUT2D eigenvalue weighted by Crippen LogP contribution is 2.38. The van der Waals surface area contributed by atoms with E-state index >= 15 is 0 Å². The van der Waals surface area contributed by atoms with Crippen molar-refractivity contribution in [3.8, 4) is 23.1 Å². The number of aryl methyl sites for hydroxylation is 1. The van der Waals surface area contributed by atoms with E-state index in [-0.39, 0.29) is 11.9 Å². The van der Waals surface area contributed by atoms with Crippen molar-refractivity contribution in [3.05, 3.63) is 61.2 Å². The van der Waals surface area contributed by atoms with Crippen molar-refractivity contribution < 1.29 is 9.53 Å². The number of aromatic nitrogens is 4. The molecule has 0 unspecified atom stereocenters. The van der Waals surface area contributed by atoms with E-state index < -0.39 is 0 Å². The third-order valence-corrected chi connectivity index (χ3v) is 6.26. The number of likely N-dealkylation sites (N-methyl/N-ethyl adjacent to an activating group) is 2. The van der Waals surface area contributed by atoms with Gasteiger partial charge in [-0.25, -0.2) is 9.97 Å². The van der Waals surface area contributed by atoms with Crippen molar-refractivity contribution in [1.82, 2.24) is 24.4 Å². The summed E-state index contributed by atoms with van der Waals surface area (Å²) in [6, 6.07) is 7.70. The summed E-state index contributed by atoms with van der Waals surface area (Å²) in [6.07, 6.45) is 8.10. The lowest BCUT2D eigenvalue weighted by Crippen LogP contribution is -2.29. The average Bonchev–Trinajstić information content (AvgIpc) is 3.28. The number of rotatable bonds is 10. The Morgan fingerprint density at radius 2 is 2.03 bits per heavy atom. The smallest absolute Gasteiger partial charge is 0.247 e.